The fourth-order valence-corrected chi connectivity index (χ4v) is 2.81. The number of ether oxygens (including phenoxy) is 4. The molecule has 0 fully saturated rings. The van der Waals surface area contributed by atoms with E-state index >= 15 is 0 Å². The Balaban J connectivity index is 2.23. The van der Waals surface area contributed by atoms with E-state index < -0.39 is 5.41 Å². The summed E-state index contributed by atoms with van der Waals surface area (Å²) in [5, 5.41) is 0. The highest BCUT2D eigenvalue weighted by Crippen LogP contribution is 2.28. The van der Waals surface area contributed by atoms with E-state index in [1.165, 1.54) is 12.2 Å². The minimum absolute atomic E-state index is 0.329. The van der Waals surface area contributed by atoms with E-state index in [-0.39, 0.29) is 11.6 Å². The summed E-state index contributed by atoms with van der Waals surface area (Å²) in [5.74, 6) is 1.81. The van der Waals surface area contributed by atoms with Gasteiger partial charge in [-0.3, -0.25) is 9.59 Å². The van der Waals surface area contributed by atoms with Gasteiger partial charge in [-0.2, -0.15) is 0 Å². The molecule has 0 unspecified atom stereocenters. The monoisotopic (exact) mass is 424 g/mol. The summed E-state index contributed by atoms with van der Waals surface area (Å²) in [6.07, 6.45) is 6.01. The molecule has 0 radical (unpaired) electrons. The summed E-state index contributed by atoms with van der Waals surface area (Å²) < 4.78 is 21.1. The number of rotatable bonds is 10. The normalized spacial score (nSPS) is 11.5. The van der Waals surface area contributed by atoms with Gasteiger partial charge in [0.05, 0.1) is 33.9 Å². The van der Waals surface area contributed by atoms with Crippen LogP contribution < -0.4 is 18.9 Å². The van der Waals surface area contributed by atoms with Gasteiger partial charge in [0.1, 0.15) is 23.0 Å². The molecule has 0 aliphatic rings. The van der Waals surface area contributed by atoms with Crippen LogP contribution in [0.4, 0.5) is 0 Å². The number of benzene rings is 2. The average molecular weight is 424 g/mol. The first-order chi connectivity index (χ1) is 14.8. The maximum atomic E-state index is 12.8. The maximum absolute atomic E-state index is 12.8. The standard InChI is InChI=1S/C25H28O6/c1-25(2,23(26)13-7-17-15-19(28-3)9-11-21(17)30-5)24(27)14-8-18-16-20(29-4)10-12-22(18)31-6/h7-16H,1-6H3. The van der Waals surface area contributed by atoms with Crippen LogP contribution in [0.2, 0.25) is 0 Å². The highest BCUT2D eigenvalue weighted by molar-refractivity contribution is 6.16. The lowest BCUT2D eigenvalue weighted by Crippen LogP contribution is -2.30. The Morgan fingerprint density at radius 2 is 1.06 bits per heavy atom. The fourth-order valence-electron chi connectivity index (χ4n) is 2.81. The van der Waals surface area contributed by atoms with Gasteiger partial charge in [-0.15, -0.1) is 0 Å². The third-order valence-electron chi connectivity index (χ3n) is 4.93. The lowest BCUT2D eigenvalue weighted by atomic mass is 9.82. The molecule has 6 nitrogen and oxygen atoms in total. The Labute approximate surface area is 183 Å². The Kier molecular flexibility index (Phi) is 8.02. The molecule has 2 aromatic carbocycles. The molecule has 0 heterocycles. The number of carbonyl (C=O) groups is 2. The molecule has 0 saturated heterocycles. The van der Waals surface area contributed by atoms with Crippen molar-refractivity contribution < 1.29 is 28.5 Å². The largest absolute Gasteiger partial charge is 0.497 e. The Bertz CT molecular complexity index is 922. The molecule has 0 spiro atoms. The topological polar surface area (TPSA) is 71.1 Å². The van der Waals surface area contributed by atoms with Crippen molar-refractivity contribution in [2.24, 2.45) is 5.41 Å². The van der Waals surface area contributed by atoms with Gasteiger partial charge in [0, 0.05) is 11.1 Å². The number of hydrogen-bond acceptors (Lipinski definition) is 6. The van der Waals surface area contributed by atoms with Crippen molar-refractivity contribution >= 4 is 23.7 Å². The van der Waals surface area contributed by atoms with Crippen LogP contribution in [0.1, 0.15) is 25.0 Å². The van der Waals surface area contributed by atoms with E-state index in [1.807, 2.05) is 0 Å². The van der Waals surface area contributed by atoms with Gasteiger partial charge >= 0.3 is 0 Å². The quantitative estimate of drug-likeness (QED) is 0.410. The first-order valence-electron chi connectivity index (χ1n) is 9.66. The number of carbonyl (C=O) groups excluding carboxylic acids is 2. The van der Waals surface area contributed by atoms with Gasteiger partial charge < -0.3 is 18.9 Å². The van der Waals surface area contributed by atoms with Crippen LogP contribution in [0.3, 0.4) is 0 Å². The average Bonchev–Trinajstić information content (AvgIpc) is 2.80. The van der Waals surface area contributed by atoms with Crippen LogP contribution in [0.25, 0.3) is 12.2 Å². The van der Waals surface area contributed by atoms with E-state index in [9.17, 15) is 9.59 Å². The van der Waals surface area contributed by atoms with Gasteiger partial charge in [0.25, 0.3) is 0 Å². The molecular formula is C25H28O6. The molecule has 2 rings (SSSR count). The van der Waals surface area contributed by atoms with Crippen molar-refractivity contribution in [1.29, 1.82) is 0 Å². The molecule has 0 aliphatic heterocycles. The number of allylic oxidation sites excluding steroid dienone is 2. The van der Waals surface area contributed by atoms with Gasteiger partial charge in [-0.25, -0.2) is 0 Å². The molecule has 0 aromatic heterocycles. The predicted molar refractivity (Wildman–Crippen MR) is 121 cm³/mol. The highest BCUT2D eigenvalue weighted by atomic mass is 16.5. The Morgan fingerprint density at radius 1 is 0.677 bits per heavy atom. The van der Waals surface area contributed by atoms with E-state index in [0.29, 0.717) is 34.1 Å². The van der Waals surface area contributed by atoms with Crippen LogP contribution in [-0.4, -0.2) is 40.0 Å². The molecule has 0 bridgehead atoms. The maximum Gasteiger partial charge on any atom is 0.169 e. The summed E-state index contributed by atoms with van der Waals surface area (Å²) >= 11 is 0. The summed E-state index contributed by atoms with van der Waals surface area (Å²) in [5.41, 5.74) is 0.107. The smallest absolute Gasteiger partial charge is 0.169 e. The third kappa shape index (κ3) is 5.75. The second-order valence-corrected chi connectivity index (χ2v) is 7.24. The number of ketones is 2. The van der Waals surface area contributed by atoms with Crippen molar-refractivity contribution in [2.75, 3.05) is 28.4 Å². The SMILES string of the molecule is COc1ccc(OC)c(C=CC(=O)C(C)(C)C(=O)C=Cc2cc(OC)ccc2OC)c1. The lowest BCUT2D eigenvalue weighted by Gasteiger charge is -2.17. The van der Waals surface area contributed by atoms with Gasteiger partial charge in [0.15, 0.2) is 11.6 Å². The van der Waals surface area contributed by atoms with Crippen molar-refractivity contribution in [1.82, 2.24) is 0 Å². The molecule has 0 aliphatic carbocycles. The molecule has 31 heavy (non-hydrogen) atoms. The Morgan fingerprint density at radius 3 is 1.39 bits per heavy atom. The Hall–Kier alpha value is -3.54. The van der Waals surface area contributed by atoms with E-state index in [2.05, 4.69) is 0 Å². The van der Waals surface area contributed by atoms with Crippen molar-refractivity contribution in [2.45, 2.75) is 13.8 Å². The van der Waals surface area contributed by atoms with E-state index in [0.717, 1.165) is 0 Å². The molecule has 0 saturated carbocycles. The zero-order chi connectivity index (χ0) is 23.0. The molecule has 0 amide bonds. The molecular weight excluding hydrogens is 396 g/mol. The molecule has 164 valence electrons. The summed E-state index contributed by atoms with van der Waals surface area (Å²) in [6.45, 7) is 3.19. The van der Waals surface area contributed by atoms with Gasteiger partial charge in [0.2, 0.25) is 0 Å². The fraction of sp³-hybridized carbons (Fsp3) is 0.280. The van der Waals surface area contributed by atoms with Gasteiger partial charge in [-0.05, 0) is 74.5 Å². The zero-order valence-electron chi connectivity index (χ0n) is 18.7. The first-order valence-corrected chi connectivity index (χ1v) is 9.66. The van der Waals surface area contributed by atoms with Crippen LogP contribution in [-0.2, 0) is 9.59 Å². The lowest BCUT2D eigenvalue weighted by molar-refractivity contribution is -0.132. The summed E-state index contributed by atoms with van der Waals surface area (Å²) in [7, 11) is 6.22. The van der Waals surface area contributed by atoms with Crippen molar-refractivity contribution in [3.05, 3.63) is 59.7 Å². The summed E-state index contributed by atoms with van der Waals surface area (Å²) in [6, 6.07) is 10.6. The molecule has 6 heteroatoms. The number of methoxy groups -OCH3 is 4. The zero-order valence-corrected chi connectivity index (χ0v) is 18.7. The molecule has 0 atom stereocenters. The van der Waals surface area contributed by atoms with Crippen LogP contribution in [0, 0.1) is 5.41 Å². The minimum atomic E-state index is -1.24. The van der Waals surface area contributed by atoms with Crippen LogP contribution >= 0.6 is 0 Å². The summed E-state index contributed by atoms with van der Waals surface area (Å²) in [4.78, 5) is 25.6. The van der Waals surface area contributed by atoms with Crippen LogP contribution in [0.15, 0.2) is 48.6 Å². The first kappa shape index (κ1) is 23.7. The minimum Gasteiger partial charge on any atom is -0.497 e. The van der Waals surface area contributed by atoms with Crippen molar-refractivity contribution in [3.63, 3.8) is 0 Å². The van der Waals surface area contributed by atoms with Crippen molar-refractivity contribution in [3.8, 4) is 23.0 Å². The number of hydrogen-bond donors (Lipinski definition) is 0. The third-order valence-corrected chi connectivity index (χ3v) is 4.93. The van der Waals surface area contributed by atoms with E-state index in [1.54, 1.807) is 90.8 Å². The second kappa shape index (κ2) is 10.5. The van der Waals surface area contributed by atoms with Crippen LogP contribution in [0.5, 0.6) is 23.0 Å². The predicted octanol–water partition coefficient (Wildman–Crippen LogP) is 4.61. The molecule has 0 N–H and O–H groups in total. The van der Waals surface area contributed by atoms with Gasteiger partial charge in [-0.1, -0.05) is 0 Å². The van der Waals surface area contributed by atoms with E-state index in [4.69, 9.17) is 18.9 Å². The highest BCUT2D eigenvalue weighted by Gasteiger charge is 2.32. The molecule has 2 aromatic rings. The second-order valence-electron chi connectivity index (χ2n) is 7.24.